The molecule has 37 heavy (non-hydrogen) atoms. The molecule has 0 amide bonds. The highest BCUT2D eigenvalue weighted by atomic mass is 35.5. The summed E-state index contributed by atoms with van der Waals surface area (Å²) in [6, 6.07) is 10.2. The van der Waals surface area contributed by atoms with Crippen molar-refractivity contribution in [1.82, 2.24) is 15.0 Å². The Kier molecular flexibility index (Phi) is 7.08. The van der Waals surface area contributed by atoms with Gasteiger partial charge in [-0.3, -0.25) is 0 Å². The highest BCUT2D eigenvalue weighted by Gasteiger charge is 2.30. The number of halogens is 4. The van der Waals surface area contributed by atoms with E-state index in [1.165, 1.54) is 23.5 Å². The largest absolute Gasteiger partial charge is 0.416 e. The number of hydrogen-bond donors (Lipinski definition) is 3. The molecule has 0 aliphatic carbocycles. The summed E-state index contributed by atoms with van der Waals surface area (Å²) in [4.78, 5) is 16.5. The number of benzene rings is 2. The Bertz CT molecular complexity index is 1400. The van der Waals surface area contributed by atoms with E-state index in [-0.39, 0.29) is 12.7 Å². The second kappa shape index (κ2) is 10.3. The molecule has 2 aromatic carbocycles. The van der Waals surface area contributed by atoms with Crippen molar-refractivity contribution in [3.8, 4) is 0 Å². The van der Waals surface area contributed by atoms with Crippen LogP contribution in [0.5, 0.6) is 0 Å². The summed E-state index contributed by atoms with van der Waals surface area (Å²) in [7, 11) is 0. The maximum Gasteiger partial charge on any atom is 0.416 e. The van der Waals surface area contributed by atoms with Gasteiger partial charge < -0.3 is 25.4 Å². The second-order valence-corrected chi connectivity index (χ2v) is 9.81. The lowest BCUT2D eigenvalue weighted by Crippen LogP contribution is -2.44. The van der Waals surface area contributed by atoms with E-state index in [1.54, 1.807) is 6.07 Å². The average molecular weight is 551 g/mol. The number of alkyl halides is 3. The maximum absolute atomic E-state index is 13.0. The minimum absolute atomic E-state index is 0.138. The molecular formula is C24H22ClF3N6O2S. The molecule has 1 atom stereocenters. The van der Waals surface area contributed by atoms with Crippen molar-refractivity contribution in [3.63, 3.8) is 0 Å². The van der Waals surface area contributed by atoms with Crippen LogP contribution >= 0.6 is 22.9 Å². The molecule has 1 fully saturated rings. The van der Waals surface area contributed by atoms with Crippen molar-refractivity contribution in [3.05, 3.63) is 58.6 Å². The van der Waals surface area contributed by atoms with Crippen LogP contribution in [0, 0.1) is 6.92 Å². The average Bonchev–Trinajstić information content (AvgIpc) is 3.29. The number of aryl methyl sites for hydroxylation is 1. The number of thiazole rings is 1. The number of aromatic nitrogens is 3. The fraction of sp³-hybridized carbons (Fsp3) is 0.292. The first-order chi connectivity index (χ1) is 17.7. The number of ether oxygens (including phenoxy) is 1. The van der Waals surface area contributed by atoms with Crippen molar-refractivity contribution in [2.75, 3.05) is 41.8 Å². The van der Waals surface area contributed by atoms with Gasteiger partial charge in [0, 0.05) is 18.8 Å². The Morgan fingerprint density at radius 1 is 1.14 bits per heavy atom. The Morgan fingerprint density at radius 3 is 2.62 bits per heavy atom. The first kappa shape index (κ1) is 25.5. The third-order valence-electron chi connectivity index (χ3n) is 5.80. The van der Waals surface area contributed by atoms with Gasteiger partial charge in [0.05, 0.1) is 35.6 Å². The van der Waals surface area contributed by atoms with Gasteiger partial charge in [-0.2, -0.15) is 23.1 Å². The number of hydrogen-bond acceptors (Lipinski definition) is 9. The number of aliphatic hydroxyl groups excluding tert-OH is 1. The van der Waals surface area contributed by atoms with Gasteiger partial charge in [-0.1, -0.05) is 35.1 Å². The summed E-state index contributed by atoms with van der Waals surface area (Å²) < 4.78 is 44.6. The lowest BCUT2D eigenvalue weighted by Gasteiger charge is -2.32. The van der Waals surface area contributed by atoms with E-state index in [0.29, 0.717) is 63.3 Å². The molecule has 0 radical (unpaired) electrons. The number of aliphatic hydroxyl groups is 1. The maximum atomic E-state index is 13.0. The molecule has 2 aromatic heterocycles. The number of nitrogens with one attached hydrogen (secondary N) is 2. The van der Waals surface area contributed by atoms with Gasteiger partial charge in [-0.25, -0.2) is 4.98 Å². The monoisotopic (exact) mass is 550 g/mol. The molecule has 5 rings (SSSR count). The lowest BCUT2D eigenvalue weighted by atomic mass is 10.2. The van der Waals surface area contributed by atoms with Crippen LogP contribution in [0.25, 0.3) is 10.3 Å². The van der Waals surface area contributed by atoms with Gasteiger partial charge in [-0.05, 0) is 42.8 Å². The molecular weight excluding hydrogens is 529 g/mol. The van der Waals surface area contributed by atoms with E-state index in [0.717, 1.165) is 17.7 Å². The predicted molar refractivity (Wildman–Crippen MR) is 138 cm³/mol. The predicted octanol–water partition coefficient (Wildman–Crippen LogP) is 5.75. The van der Waals surface area contributed by atoms with Crippen molar-refractivity contribution < 1.29 is 23.0 Å². The molecule has 194 valence electrons. The quantitative estimate of drug-likeness (QED) is 0.279. The van der Waals surface area contributed by atoms with E-state index in [2.05, 4.69) is 20.6 Å². The van der Waals surface area contributed by atoms with Crippen LogP contribution in [-0.2, 0) is 10.9 Å². The van der Waals surface area contributed by atoms with E-state index in [1.807, 2.05) is 24.0 Å². The first-order valence-corrected chi connectivity index (χ1v) is 12.5. The van der Waals surface area contributed by atoms with Gasteiger partial charge in [0.2, 0.25) is 5.95 Å². The normalized spacial score (nSPS) is 16.3. The summed E-state index contributed by atoms with van der Waals surface area (Å²) >= 11 is 7.67. The summed E-state index contributed by atoms with van der Waals surface area (Å²) in [5.74, 6) is 0.736. The fourth-order valence-electron chi connectivity index (χ4n) is 3.88. The first-order valence-electron chi connectivity index (χ1n) is 11.3. The van der Waals surface area contributed by atoms with Gasteiger partial charge in [0.25, 0.3) is 0 Å². The van der Waals surface area contributed by atoms with Crippen LogP contribution in [0.4, 0.5) is 41.4 Å². The Hall–Kier alpha value is -3.19. The number of rotatable bonds is 6. The third-order valence-corrected chi connectivity index (χ3v) is 6.98. The van der Waals surface area contributed by atoms with Crippen LogP contribution in [0.2, 0.25) is 5.02 Å². The van der Waals surface area contributed by atoms with Crippen LogP contribution in [0.3, 0.4) is 0 Å². The smallest absolute Gasteiger partial charge is 0.394 e. The Labute approximate surface area is 219 Å². The molecule has 1 aliphatic heterocycles. The summed E-state index contributed by atoms with van der Waals surface area (Å²) in [5.41, 5.74) is 1.77. The summed E-state index contributed by atoms with van der Waals surface area (Å²) in [6.45, 7) is 3.10. The molecule has 4 aromatic rings. The van der Waals surface area contributed by atoms with E-state index < -0.39 is 11.7 Å². The molecule has 3 N–H and O–H groups in total. The Morgan fingerprint density at radius 2 is 1.92 bits per heavy atom. The molecule has 3 heterocycles. The van der Waals surface area contributed by atoms with Crippen molar-refractivity contribution in [1.29, 1.82) is 0 Å². The highest BCUT2D eigenvalue weighted by molar-refractivity contribution is 7.22. The summed E-state index contributed by atoms with van der Waals surface area (Å²) in [6.07, 6.45) is -4.80. The molecule has 1 saturated heterocycles. The van der Waals surface area contributed by atoms with Crippen molar-refractivity contribution in [2.45, 2.75) is 19.2 Å². The molecule has 0 spiro atoms. The third kappa shape index (κ3) is 5.57. The van der Waals surface area contributed by atoms with Gasteiger partial charge in [0.15, 0.2) is 15.8 Å². The van der Waals surface area contributed by atoms with Crippen LogP contribution in [-0.4, -0.2) is 52.5 Å². The number of nitrogens with zero attached hydrogens (tertiary/aromatic N) is 4. The Balaban J connectivity index is 1.53. The SMILES string of the molecule is Cc1cccc(Cl)c1Nc1nc2c(Nc3ccc(C(F)(F)F)cc3)nc(N3CCOC(CO)C3)nc2s1. The molecule has 0 bridgehead atoms. The highest BCUT2D eigenvalue weighted by Crippen LogP contribution is 2.36. The van der Waals surface area contributed by atoms with E-state index >= 15 is 0 Å². The van der Waals surface area contributed by atoms with Crippen LogP contribution in [0.1, 0.15) is 11.1 Å². The molecule has 1 unspecified atom stereocenters. The number of morpholine rings is 1. The van der Waals surface area contributed by atoms with E-state index in [9.17, 15) is 18.3 Å². The molecule has 13 heteroatoms. The molecule has 0 saturated carbocycles. The van der Waals surface area contributed by atoms with Gasteiger partial charge >= 0.3 is 6.18 Å². The van der Waals surface area contributed by atoms with Crippen molar-refractivity contribution >= 4 is 61.6 Å². The number of fused-ring (bicyclic) bond motifs is 1. The zero-order valence-electron chi connectivity index (χ0n) is 19.5. The molecule has 8 nitrogen and oxygen atoms in total. The summed E-state index contributed by atoms with van der Waals surface area (Å²) in [5, 5.41) is 16.9. The lowest BCUT2D eigenvalue weighted by molar-refractivity contribution is -0.137. The van der Waals surface area contributed by atoms with Gasteiger partial charge in [0.1, 0.15) is 5.52 Å². The second-order valence-electron chi connectivity index (χ2n) is 8.42. The van der Waals surface area contributed by atoms with E-state index in [4.69, 9.17) is 21.3 Å². The molecule has 1 aliphatic rings. The minimum Gasteiger partial charge on any atom is -0.394 e. The van der Waals surface area contributed by atoms with Crippen LogP contribution in [0.15, 0.2) is 42.5 Å². The van der Waals surface area contributed by atoms with Gasteiger partial charge in [-0.15, -0.1) is 0 Å². The van der Waals surface area contributed by atoms with Crippen LogP contribution < -0.4 is 15.5 Å². The zero-order chi connectivity index (χ0) is 26.2. The fourth-order valence-corrected chi connectivity index (χ4v) is 4.99. The minimum atomic E-state index is -4.43. The zero-order valence-corrected chi connectivity index (χ0v) is 21.1. The number of anilines is 5. The van der Waals surface area contributed by atoms with Crippen molar-refractivity contribution in [2.24, 2.45) is 0 Å². The topological polar surface area (TPSA) is 95.4 Å². The standard InChI is InChI=1S/C24H22ClF3N6O2S/c1-13-3-2-4-17(25)18(13)30-23-31-19-20(29-15-7-5-14(6-8-15)24(26,27)28)32-22(33-21(19)37-23)34-9-10-36-16(11-34)12-35/h2-8,16,35H,9-12H2,1H3,(H,30,31)(H,29,32,33). The number of para-hydroxylation sites is 1.